The summed E-state index contributed by atoms with van der Waals surface area (Å²) < 4.78 is 1.72. The molecule has 5 rings (SSSR count). The van der Waals surface area contributed by atoms with E-state index < -0.39 is 0 Å². The maximum absolute atomic E-state index is 9.79. The Morgan fingerprint density at radius 1 is 1.26 bits per heavy atom. The molecule has 8 nitrogen and oxygen atoms in total. The van der Waals surface area contributed by atoms with Gasteiger partial charge < -0.3 is 5.32 Å². The molecule has 31 heavy (non-hydrogen) atoms. The van der Waals surface area contributed by atoms with Crippen LogP contribution < -0.4 is 5.32 Å². The number of anilines is 1. The zero-order valence-corrected chi connectivity index (χ0v) is 17.8. The van der Waals surface area contributed by atoms with E-state index in [1.165, 1.54) is 25.7 Å². The van der Waals surface area contributed by atoms with Gasteiger partial charge in [0.2, 0.25) is 0 Å². The molecule has 0 bridgehead atoms. The Balaban J connectivity index is 1.64. The molecule has 1 fully saturated rings. The quantitative estimate of drug-likeness (QED) is 0.479. The van der Waals surface area contributed by atoms with Crippen LogP contribution in [0.15, 0.2) is 30.6 Å². The summed E-state index contributed by atoms with van der Waals surface area (Å²) in [5.74, 6) is 1.10. The molecule has 0 atom stereocenters. The van der Waals surface area contributed by atoms with Crippen molar-refractivity contribution in [2.75, 3.05) is 11.9 Å². The second kappa shape index (κ2) is 8.00. The van der Waals surface area contributed by atoms with E-state index >= 15 is 0 Å². The first-order valence-corrected chi connectivity index (χ1v) is 10.7. The van der Waals surface area contributed by atoms with Crippen molar-refractivity contribution in [3.63, 3.8) is 0 Å². The van der Waals surface area contributed by atoms with Crippen molar-refractivity contribution in [1.82, 2.24) is 29.9 Å². The number of hydrogen-bond acceptors (Lipinski definition) is 6. The van der Waals surface area contributed by atoms with Gasteiger partial charge in [-0.2, -0.15) is 15.5 Å². The van der Waals surface area contributed by atoms with Crippen LogP contribution in [0.4, 0.5) is 5.82 Å². The number of rotatable bonds is 5. The highest BCUT2D eigenvalue weighted by Crippen LogP contribution is 2.35. The molecule has 3 aromatic heterocycles. The summed E-state index contributed by atoms with van der Waals surface area (Å²) in [6.45, 7) is 0.789. The highest BCUT2D eigenvalue weighted by Gasteiger charge is 2.21. The van der Waals surface area contributed by atoms with Gasteiger partial charge in [-0.15, -0.1) is 0 Å². The minimum absolute atomic E-state index is 0.260. The lowest BCUT2D eigenvalue weighted by atomic mass is 10.1. The molecule has 1 aromatic carbocycles. The zero-order chi connectivity index (χ0) is 21.4. The second-order valence-corrected chi connectivity index (χ2v) is 8.34. The first-order chi connectivity index (χ1) is 15.1. The fraction of sp³-hybridized carbons (Fsp3) is 0.318. The largest absolute Gasteiger partial charge is 0.367 e. The number of aryl methyl sites for hydroxylation is 1. The Bertz CT molecular complexity index is 1290. The zero-order valence-electron chi connectivity index (χ0n) is 17.1. The SMILES string of the molecule is Cn1ccc(-c2nc(NCC3CCCC3)c(C#N)nc2-c2cc(Cl)c3[nH]ncc3c2)n1. The number of benzene rings is 1. The molecule has 2 N–H and O–H groups in total. The van der Waals surface area contributed by atoms with Crippen molar-refractivity contribution in [2.45, 2.75) is 25.7 Å². The summed E-state index contributed by atoms with van der Waals surface area (Å²) in [5, 5.41) is 26.0. The standard InChI is InChI=1S/C22H21ClN8/c1-31-7-6-17(30-31)21-20(14-8-15-12-26-29-19(15)16(23)9-14)27-18(10-24)22(28-21)25-11-13-4-2-3-5-13/h6-9,12-13H,2-5,11H2,1H3,(H,25,28)(H,26,29). The van der Waals surface area contributed by atoms with Crippen molar-refractivity contribution in [3.8, 4) is 28.7 Å². The number of nitrogens with one attached hydrogen (secondary N) is 2. The number of H-pyrrole nitrogens is 1. The minimum atomic E-state index is 0.260. The number of nitrogens with zero attached hydrogens (tertiary/aromatic N) is 6. The summed E-state index contributed by atoms with van der Waals surface area (Å²) in [6.07, 6.45) is 8.50. The van der Waals surface area contributed by atoms with Crippen LogP contribution in [0.1, 0.15) is 31.4 Å². The number of fused-ring (bicyclic) bond motifs is 1. The van der Waals surface area contributed by atoms with Gasteiger partial charge in [-0.05, 0) is 37.0 Å². The van der Waals surface area contributed by atoms with Gasteiger partial charge in [0, 0.05) is 30.7 Å². The van der Waals surface area contributed by atoms with Crippen molar-refractivity contribution >= 4 is 28.3 Å². The predicted molar refractivity (Wildman–Crippen MR) is 119 cm³/mol. The second-order valence-electron chi connectivity index (χ2n) is 7.93. The lowest BCUT2D eigenvalue weighted by Crippen LogP contribution is -2.14. The molecule has 9 heteroatoms. The lowest BCUT2D eigenvalue weighted by molar-refractivity contribution is 0.578. The van der Waals surface area contributed by atoms with Gasteiger partial charge in [-0.3, -0.25) is 9.78 Å². The molecule has 4 aromatic rings. The molecule has 1 saturated carbocycles. The Kier molecular flexibility index (Phi) is 5.04. The highest BCUT2D eigenvalue weighted by atomic mass is 35.5. The van der Waals surface area contributed by atoms with Crippen molar-refractivity contribution < 1.29 is 0 Å². The molecule has 1 aliphatic carbocycles. The molecule has 0 spiro atoms. The molecule has 0 saturated heterocycles. The van der Waals surface area contributed by atoms with Gasteiger partial charge in [-0.1, -0.05) is 24.4 Å². The van der Waals surface area contributed by atoms with Gasteiger partial charge in [0.15, 0.2) is 11.5 Å². The average molecular weight is 433 g/mol. The fourth-order valence-electron chi connectivity index (χ4n) is 4.16. The van der Waals surface area contributed by atoms with Crippen LogP contribution in [0.2, 0.25) is 5.02 Å². The number of halogens is 1. The summed E-state index contributed by atoms with van der Waals surface area (Å²) in [5.41, 5.74) is 3.62. The molecule has 0 radical (unpaired) electrons. The van der Waals surface area contributed by atoms with E-state index in [1.54, 1.807) is 10.9 Å². The van der Waals surface area contributed by atoms with Crippen molar-refractivity contribution in [1.29, 1.82) is 5.26 Å². The first kappa shape index (κ1) is 19.5. The number of hydrogen-bond donors (Lipinski definition) is 2. The van der Waals surface area contributed by atoms with Crippen LogP contribution in [-0.2, 0) is 7.05 Å². The highest BCUT2D eigenvalue weighted by molar-refractivity contribution is 6.35. The normalized spacial score (nSPS) is 14.2. The van der Waals surface area contributed by atoms with E-state index in [0.29, 0.717) is 33.8 Å². The van der Waals surface area contributed by atoms with Gasteiger partial charge in [0.05, 0.1) is 16.7 Å². The molecule has 156 valence electrons. The van der Waals surface area contributed by atoms with Crippen LogP contribution in [-0.4, -0.2) is 36.5 Å². The van der Waals surface area contributed by atoms with Crippen molar-refractivity contribution in [3.05, 3.63) is 41.3 Å². The smallest absolute Gasteiger partial charge is 0.183 e. The Hall–Kier alpha value is -3.44. The number of nitriles is 1. The maximum Gasteiger partial charge on any atom is 0.183 e. The summed E-state index contributed by atoms with van der Waals surface area (Å²) in [6, 6.07) is 7.84. The third kappa shape index (κ3) is 3.73. The Morgan fingerprint density at radius 2 is 2.10 bits per heavy atom. The van der Waals surface area contributed by atoms with E-state index in [4.69, 9.17) is 21.6 Å². The van der Waals surface area contributed by atoms with Crippen LogP contribution in [0.5, 0.6) is 0 Å². The van der Waals surface area contributed by atoms with Gasteiger partial charge in [-0.25, -0.2) is 9.97 Å². The predicted octanol–water partition coefficient (Wildman–Crippen LogP) is 4.55. The van der Waals surface area contributed by atoms with Crippen LogP contribution in [0.3, 0.4) is 0 Å². The maximum atomic E-state index is 9.79. The summed E-state index contributed by atoms with van der Waals surface area (Å²) in [7, 11) is 1.86. The first-order valence-electron chi connectivity index (χ1n) is 10.3. The molecule has 3 heterocycles. The van der Waals surface area contributed by atoms with E-state index in [1.807, 2.05) is 31.4 Å². The summed E-state index contributed by atoms with van der Waals surface area (Å²) in [4.78, 5) is 9.52. The van der Waals surface area contributed by atoms with E-state index in [-0.39, 0.29) is 5.69 Å². The molecular weight excluding hydrogens is 412 g/mol. The van der Waals surface area contributed by atoms with Gasteiger partial charge in [0.1, 0.15) is 23.2 Å². The molecule has 1 aliphatic rings. The fourth-order valence-corrected chi connectivity index (χ4v) is 4.43. The third-order valence-electron chi connectivity index (χ3n) is 5.77. The molecule has 0 aliphatic heterocycles. The van der Waals surface area contributed by atoms with Gasteiger partial charge >= 0.3 is 0 Å². The monoisotopic (exact) mass is 432 g/mol. The van der Waals surface area contributed by atoms with E-state index in [2.05, 4.69) is 26.7 Å². The lowest BCUT2D eigenvalue weighted by Gasteiger charge is -2.15. The Labute approximate surface area is 184 Å². The Morgan fingerprint density at radius 3 is 2.84 bits per heavy atom. The van der Waals surface area contributed by atoms with Crippen LogP contribution in [0, 0.1) is 17.2 Å². The van der Waals surface area contributed by atoms with Crippen molar-refractivity contribution in [2.24, 2.45) is 13.0 Å². The average Bonchev–Trinajstić information content (AvgIpc) is 3.53. The van der Waals surface area contributed by atoms with Gasteiger partial charge in [0.25, 0.3) is 0 Å². The molecule has 0 unspecified atom stereocenters. The van der Waals surface area contributed by atoms with Crippen LogP contribution in [0.25, 0.3) is 33.5 Å². The van der Waals surface area contributed by atoms with Crippen LogP contribution >= 0.6 is 11.6 Å². The van der Waals surface area contributed by atoms with E-state index in [9.17, 15) is 5.26 Å². The number of aromatic nitrogens is 6. The topological polar surface area (TPSA) is 108 Å². The number of aromatic amines is 1. The summed E-state index contributed by atoms with van der Waals surface area (Å²) >= 11 is 6.47. The molecule has 0 amide bonds. The third-order valence-corrected chi connectivity index (χ3v) is 6.06. The van der Waals surface area contributed by atoms with E-state index in [0.717, 1.165) is 23.0 Å². The molecular formula is C22H21ClN8. The minimum Gasteiger partial charge on any atom is -0.367 e.